The molecule has 2 rings (SSSR count). The van der Waals surface area contributed by atoms with E-state index >= 15 is 0 Å². The molecule has 1 aliphatic carbocycles. The molecule has 0 spiro atoms. The van der Waals surface area contributed by atoms with E-state index < -0.39 is 15.1 Å². The molecule has 1 heterocycles. The van der Waals surface area contributed by atoms with Crippen LogP contribution in [0.1, 0.15) is 48.2 Å². The van der Waals surface area contributed by atoms with Gasteiger partial charge in [0.25, 0.3) is 0 Å². The molecule has 0 aromatic carbocycles. The van der Waals surface area contributed by atoms with Crippen LogP contribution in [0.3, 0.4) is 0 Å². The van der Waals surface area contributed by atoms with Gasteiger partial charge in [-0.05, 0) is 26.7 Å². The van der Waals surface area contributed by atoms with Crippen LogP contribution in [0.25, 0.3) is 0 Å². The standard InChI is InChI=1S/C11H14N2O2S2/c1-7(2)17(14,15)6-10-13-11(8-3-4-8)9(5-12)16-10/h7-8H,3-4,6H2,1-2H3. The zero-order valence-electron chi connectivity index (χ0n) is 9.80. The molecule has 0 atom stereocenters. The SMILES string of the molecule is CC(C)S(=O)(=O)Cc1nc(C2CC2)c(C#N)s1. The molecular weight excluding hydrogens is 256 g/mol. The molecule has 17 heavy (non-hydrogen) atoms. The van der Waals surface area contributed by atoms with E-state index in [0.29, 0.717) is 15.8 Å². The average Bonchev–Trinajstić information content (AvgIpc) is 3.00. The fourth-order valence-corrected chi connectivity index (χ4v) is 3.70. The van der Waals surface area contributed by atoms with Crippen LogP contribution in [-0.4, -0.2) is 18.7 Å². The van der Waals surface area contributed by atoms with E-state index in [2.05, 4.69) is 11.1 Å². The molecule has 0 radical (unpaired) electrons. The minimum atomic E-state index is -3.13. The third kappa shape index (κ3) is 2.67. The largest absolute Gasteiger partial charge is 0.243 e. The summed E-state index contributed by atoms with van der Waals surface area (Å²) in [4.78, 5) is 4.91. The monoisotopic (exact) mass is 270 g/mol. The van der Waals surface area contributed by atoms with Crippen molar-refractivity contribution < 1.29 is 8.42 Å². The van der Waals surface area contributed by atoms with E-state index in [-0.39, 0.29) is 5.75 Å². The number of aromatic nitrogens is 1. The first kappa shape index (κ1) is 12.5. The van der Waals surface area contributed by atoms with Crippen LogP contribution in [0.5, 0.6) is 0 Å². The van der Waals surface area contributed by atoms with E-state index in [1.165, 1.54) is 11.3 Å². The van der Waals surface area contributed by atoms with Gasteiger partial charge in [0.05, 0.1) is 10.9 Å². The summed E-state index contributed by atoms with van der Waals surface area (Å²) in [5.74, 6) is 0.341. The quantitative estimate of drug-likeness (QED) is 0.841. The molecular formula is C11H14N2O2S2. The zero-order chi connectivity index (χ0) is 12.6. The van der Waals surface area contributed by atoms with Crippen LogP contribution in [0.4, 0.5) is 0 Å². The smallest absolute Gasteiger partial charge is 0.159 e. The zero-order valence-corrected chi connectivity index (χ0v) is 11.4. The van der Waals surface area contributed by atoms with Crippen LogP contribution in [0, 0.1) is 11.3 Å². The number of thiazole rings is 1. The summed E-state index contributed by atoms with van der Waals surface area (Å²) in [6.45, 7) is 3.33. The van der Waals surface area contributed by atoms with E-state index in [9.17, 15) is 8.42 Å². The van der Waals surface area contributed by atoms with Gasteiger partial charge in [0.15, 0.2) is 9.84 Å². The van der Waals surface area contributed by atoms with Crippen LogP contribution in [0.15, 0.2) is 0 Å². The second-order valence-electron chi connectivity index (χ2n) is 4.56. The molecule has 1 aromatic heterocycles. The minimum Gasteiger partial charge on any atom is -0.243 e. The summed E-state index contributed by atoms with van der Waals surface area (Å²) >= 11 is 1.22. The molecule has 0 aliphatic heterocycles. The van der Waals surface area contributed by atoms with E-state index in [1.807, 2.05) is 0 Å². The highest BCUT2D eigenvalue weighted by molar-refractivity contribution is 7.91. The van der Waals surface area contributed by atoms with Gasteiger partial charge in [-0.25, -0.2) is 13.4 Å². The lowest BCUT2D eigenvalue weighted by Crippen LogP contribution is -2.15. The van der Waals surface area contributed by atoms with E-state index in [4.69, 9.17) is 5.26 Å². The Labute approximate surface area is 105 Å². The van der Waals surface area contributed by atoms with Crippen molar-refractivity contribution in [1.29, 1.82) is 5.26 Å². The average molecular weight is 270 g/mol. The topological polar surface area (TPSA) is 70.8 Å². The Morgan fingerprint density at radius 2 is 2.18 bits per heavy atom. The Hall–Kier alpha value is -0.930. The van der Waals surface area contributed by atoms with Crippen molar-refractivity contribution in [1.82, 2.24) is 4.98 Å². The number of hydrogen-bond acceptors (Lipinski definition) is 5. The number of sulfone groups is 1. The second kappa shape index (κ2) is 4.39. The van der Waals surface area contributed by atoms with Gasteiger partial charge in [-0.1, -0.05) is 0 Å². The van der Waals surface area contributed by atoms with Crippen LogP contribution in [-0.2, 0) is 15.6 Å². The third-order valence-corrected chi connectivity index (χ3v) is 6.08. The Morgan fingerprint density at radius 3 is 2.65 bits per heavy atom. The van der Waals surface area contributed by atoms with Gasteiger partial charge in [-0.15, -0.1) is 11.3 Å². The molecule has 92 valence electrons. The van der Waals surface area contributed by atoms with Gasteiger partial charge in [0.2, 0.25) is 0 Å². The fraction of sp³-hybridized carbons (Fsp3) is 0.636. The van der Waals surface area contributed by atoms with E-state index in [1.54, 1.807) is 13.8 Å². The highest BCUT2D eigenvalue weighted by Gasteiger charge is 2.30. The molecule has 1 aliphatic rings. The molecule has 4 nitrogen and oxygen atoms in total. The Balaban J connectivity index is 2.26. The highest BCUT2D eigenvalue weighted by Crippen LogP contribution is 2.42. The van der Waals surface area contributed by atoms with Crippen molar-refractivity contribution in [3.05, 3.63) is 15.6 Å². The van der Waals surface area contributed by atoms with Gasteiger partial charge in [0.1, 0.15) is 21.7 Å². The van der Waals surface area contributed by atoms with Crippen LogP contribution < -0.4 is 0 Å². The Kier molecular flexibility index (Phi) is 3.23. The Bertz CT molecular complexity index is 563. The predicted octanol–water partition coefficient (Wildman–Crippen LogP) is 2.22. The molecule has 6 heteroatoms. The molecule has 1 fully saturated rings. The number of rotatable bonds is 4. The van der Waals surface area contributed by atoms with Crippen molar-refractivity contribution in [3.8, 4) is 6.07 Å². The van der Waals surface area contributed by atoms with Crippen LogP contribution >= 0.6 is 11.3 Å². The molecule has 1 aromatic rings. The van der Waals surface area contributed by atoms with Crippen molar-refractivity contribution in [2.45, 2.75) is 43.6 Å². The summed E-state index contributed by atoms with van der Waals surface area (Å²) < 4.78 is 23.6. The first-order valence-corrected chi connectivity index (χ1v) is 8.08. The second-order valence-corrected chi connectivity index (χ2v) is 8.20. The molecule has 1 saturated carbocycles. The van der Waals surface area contributed by atoms with Crippen molar-refractivity contribution in [3.63, 3.8) is 0 Å². The van der Waals surface area contributed by atoms with Gasteiger partial charge < -0.3 is 0 Å². The van der Waals surface area contributed by atoms with Gasteiger partial charge in [0, 0.05) is 5.92 Å². The molecule has 0 saturated heterocycles. The predicted molar refractivity (Wildman–Crippen MR) is 66.6 cm³/mol. The maximum absolute atomic E-state index is 11.8. The summed E-state index contributed by atoms with van der Waals surface area (Å²) in [6, 6.07) is 2.11. The maximum atomic E-state index is 11.8. The summed E-state index contributed by atoms with van der Waals surface area (Å²) in [5.41, 5.74) is 0.812. The third-order valence-electron chi connectivity index (χ3n) is 2.81. The fourth-order valence-electron chi connectivity index (χ4n) is 1.49. The van der Waals surface area contributed by atoms with Crippen LogP contribution in [0.2, 0.25) is 0 Å². The summed E-state index contributed by atoms with van der Waals surface area (Å²) in [7, 11) is -3.13. The van der Waals surface area contributed by atoms with Gasteiger partial charge in [-0.3, -0.25) is 0 Å². The lowest BCUT2D eigenvalue weighted by molar-refractivity contribution is 0.586. The van der Waals surface area contributed by atoms with Crippen molar-refractivity contribution in [2.24, 2.45) is 0 Å². The molecule has 0 amide bonds. The number of nitrogens with zero attached hydrogens (tertiary/aromatic N) is 2. The number of hydrogen-bond donors (Lipinski definition) is 0. The Morgan fingerprint density at radius 1 is 1.53 bits per heavy atom. The maximum Gasteiger partial charge on any atom is 0.159 e. The molecule has 0 unspecified atom stereocenters. The van der Waals surface area contributed by atoms with E-state index in [0.717, 1.165) is 18.5 Å². The minimum absolute atomic E-state index is 0.0449. The summed E-state index contributed by atoms with van der Waals surface area (Å²) in [5, 5.41) is 9.14. The first-order chi connectivity index (χ1) is 7.94. The van der Waals surface area contributed by atoms with Gasteiger partial charge >= 0.3 is 0 Å². The van der Waals surface area contributed by atoms with Crippen molar-refractivity contribution in [2.75, 3.05) is 0 Å². The van der Waals surface area contributed by atoms with Gasteiger partial charge in [-0.2, -0.15) is 5.26 Å². The highest BCUT2D eigenvalue weighted by atomic mass is 32.2. The lowest BCUT2D eigenvalue weighted by Gasteiger charge is -2.04. The molecule has 0 N–H and O–H groups in total. The summed E-state index contributed by atoms with van der Waals surface area (Å²) in [6.07, 6.45) is 2.13. The number of nitriles is 1. The normalized spacial score (nSPS) is 16.1. The van der Waals surface area contributed by atoms with Crippen molar-refractivity contribution >= 4 is 21.2 Å². The first-order valence-electron chi connectivity index (χ1n) is 5.55. The molecule has 0 bridgehead atoms. The lowest BCUT2D eigenvalue weighted by atomic mass is 10.3.